The Labute approximate surface area is 169 Å². The van der Waals surface area contributed by atoms with Crippen molar-refractivity contribution in [2.75, 3.05) is 18.2 Å². The van der Waals surface area contributed by atoms with Gasteiger partial charge in [-0.2, -0.15) is 0 Å². The highest BCUT2D eigenvalue weighted by Crippen LogP contribution is 2.33. The van der Waals surface area contributed by atoms with E-state index in [1.54, 1.807) is 31.3 Å². The Kier molecular flexibility index (Phi) is 5.72. The molecule has 28 heavy (non-hydrogen) atoms. The topological polar surface area (TPSA) is 63.7 Å². The van der Waals surface area contributed by atoms with Crippen LogP contribution in [0.1, 0.15) is 10.4 Å². The number of ether oxygens (including phenoxy) is 1. The summed E-state index contributed by atoms with van der Waals surface area (Å²) in [6.45, 7) is 0. The highest BCUT2D eigenvalue weighted by Gasteiger charge is 2.21. The third kappa shape index (κ3) is 4.35. The lowest BCUT2D eigenvalue weighted by Gasteiger charge is -2.21. The molecule has 5 nitrogen and oxygen atoms in total. The van der Waals surface area contributed by atoms with Crippen molar-refractivity contribution in [2.24, 2.45) is 0 Å². The molecular weight excluding hydrogens is 398 g/mol. The molecule has 0 aliphatic carbocycles. The first-order chi connectivity index (χ1) is 13.3. The molecule has 3 aromatic carbocycles. The van der Waals surface area contributed by atoms with Crippen molar-refractivity contribution in [3.05, 3.63) is 83.4 Å². The minimum atomic E-state index is -3.47. The van der Waals surface area contributed by atoms with Crippen LogP contribution in [0.25, 0.3) is 0 Å². The Morgan fingerprint density at radius 2 is 1.61 bits per heavy atom. The average molecular weight is 416 g/mol. The predicted octanol–water partition coefficient (Wildman–Crippen LogP) is 4.81. The zero-order valence-electron chi connectivity index (χ0n) is 15.3. The van der Waals surface area contributed by atoms with Crippen LogP contribution < -0.4 is 9.64 Å². The van der Waals surface area contributed by atoms with Gasteiger partial charge in [0.1, 0.15) is 5.75 Å². The number of sulfone groups is 1. The fraction of sp³-hybridized carbons (Fsp3) is 0.0952. The summed E-state index contributed by atoms with van der Waals surface area (Å²) in [7, 11) is -1.89. The van der Waals surface area contributed by atoms with Gasteiger partial charge in [-0.3, -0.25) is 4.79 Å². The van der Waals surface area contributed by atoms with Gasteiger partial charge in [-0.15, -0.1) is 0 Å². The van der Waals surface area contributed by atoms with Crippen LogP contribution in [-0.2, 0) is 9.84 Å². The lowest BCUT2D eigenvalue weighted by molar-refractivity contribution is 0.0992. The molecular formula is C21H18ClNO4S. The van der Waals surface area contributed by atoms with Gasteiger partial charge in [0.15, 0.2) is 15.6 Å². The molecule has 0 heterocycles. The standard InChI is InChI=1S/C21H18ClNO4S/c1-23(21(24)17-14-16(28(2,25)26)12-13-18(17)22)19-10-6-7-11-20(19)27-15-8-4-3-5-9-15/h3-14H,1-2H3. The molecule has 0 saturated carbocycles. The normalized spacial score (nSPS) is 11.1. The number of para-hydroxylation sites is 3. The van der Waals surface area contributed by atoms with Crippen molar-refractivity contribution in [2.45, 2.75) is 4.90 Å². The van der Waals surface area contributed by atoms with Crippen LogP contribution in [-0.4, -0.2) is 27.6 Å². The summed E-state index contributed by atoms with van der Waals surface area (Å²) in [5.41, 5.74) is 0.624. The Balaban J connectivity index is 1.97. The minimum absolute atomic E-state index is 0.0301. The lowest BCUT2D eigenvalue weighted by atomic mass is 10.1. The molecule has 3 rings (SSSR count). The van der Waals surface area contributed by atoms with Crippen molar-refractivity contribution < 1.29 is 17.9 Å². The lowest BCUT2D eigenvalue weighted by Crippen LogP contribution is -2.27. The van der Waals surface area contributed by atoms with Crippen LogP contribution in [0, 0.1) is 0 Å². The van der Waals surface area contributed by atoms with E-state index in [0.29, 0.717) is 17.2 Å². The van der Waals surface area contributed by atoms with Crippen LogP contribution in [0.15, 0.2) is 77.7 Å². The van der Waals surface area contributed by atoms with Crippen LogP contribution in [0.5, 0.6) is 11.5 Å². The van der Waals surface area contributed by atoms with Crippen molar-refractivity contribution in [3.63, 3.8) is 0 Å². The number of hydrogen-bond acceptors (Lipinski definition) is 4. The monoisotopic (exact) mass is 415 g/mol. The Hall–Kier alpha value is -2.83. The van der Waals surface area contributed by atoms with Gasteiger partial charge in [0.05, 0.1) is 21.2 Å². The van der Waals surface area contributed by atoms with Gasteiger partial charge in [0, 0.05) is 13.3 Å². The van der Waals surface area contributed by atoms with Gasteiger partial charge < -0.3 is 9.64 Å². The summed E-state index contributed by atoms with van der Waals surface area (Å²) in [6, 6.07) is 20.4. The maximum absolute atomic E-state index is 13.0. The van der Waals surface area contributed by atoms with Gasteiger partial charge in [-0.25, -0.2) is 8.42 Å². The average Bonchev–Trinajstić information content (AvgIpc) is 2.67. The summed E-state index contributed by atoms with van der Waals surface area (Å²) in [5, 5.41) is 0.172. The van der Waals surface area contributed by atoms with Gasteiger partial charge in [-0.1, -0.05) is 41.9 Å². The summed E-state index contributed by atoms with van der Waals surface area (Å²) in [5.74, 6) is 0.674. The number of carbonyl (C=O) groups is 1. The third-order valence-corrected chi connectivity index (χ3v) is 5.54. The van der Waals surface area contributed by atoms with Crippen LogP contribution in [0.4, 0.5) is 5.69 Å². The van der Waals surface area contributed by atoms with Gasteiger partial charge >= 0.3 is 0 Å². The fourth-order valence-electron chi connectivity index (χ4n) is 2.63. The molecule has 0 radical (unpaired) electrons. The Bertz CT molecular complexity index is 1110. The van der Waals surface area contributed by atoms with Crippen LogP contribution in [0.3, 0.4) is 0 Å². The van der Waals surface area contributed by atoms with E-state index >= 15 is 0 Å². The molecule has 3 aromatic rings. The smallest absolute Gasteiger partial charge is 0.259 e. The van der Waals surface area contributed by atoms with E-state index in [2.05, 4.69) is 0 Å². The van der Waals surface area contributed by atoms with Gasteiger partial charge in [0.25, 0.3) is 5.91 Å². The summed E-state index contributed by atoms with van der Waals surface area (Å²) >= 11 is 6.17. The van der Waals surface area contributed by atoms with Gasteiger partial charge in [-0.05, 0) is 42.5 Å². The number of anilines is 1. The second-order valence-electron chi connectivity index (χ2n) is 6.16. The molecule has 0 unspecified atom stereocenters. The van der Waals surface area contributed by atoms with E-state index in [9.17, 15) is 13.2 Å². The highest BCUT2D eigenvalue weighted by molar-refractivity contribution is 7.90. The highest BCUT2D eigenvalue weighted by atomic mass is 35.5. The second-order valence-corrected chi connectivity index (χ2v) is 8.58. The molecule has 0 spiro atoms. The molecule has 0 atom stereocenters. The van der Waals surface area contributed by atoms with Crippen molar-refractivity contribution in [1.82, 2.24) is 0 Å². The molecule has 0 fully saturated rings. The molecule has 1 amide bonds. The van der Waals surface area contributed by atoms with E-state index in [-0.39, 0.29) is 15.5 Å². The number of benzene rings is 3. The molecule has 144 valence electrons. The number of nitrogens with zero attached hydrogens (tertiary/aromatic N) is 1. The first-order valence-electron chi connectivity index (χ1n) is 8.37. The molecule has 0 bridgehead atoms. The van der Waals surface area contributed by atoms with E-state index in [0.717, 1.165) is 6.26 Å². The van der Waals surface area contributed by atoms with E-state index < -0.39 is 15.7 Å². The first-order valence-corrected chi connectivity index (χ1v) is 10.6. The first kappa shape index (κ1) is 19.9. The third-order valence-electron chi connectivity index (χ3n) is 4.10. The minimum Gasteiger partial charge on any atom is -0.455 e. The number of halogens is 1. The predicted molar refractivity (Wildman–Crippen MR) is 110 cm³/mol. The summed E-state index contributed by atoms with van der Waals surface area (Å²) in [4.78, 5) is 14.5. The van der Waals surface area contributed by atoms with Crippen LogP contribution in [0.2, 0.25) is 5.02 Å². The zero-order valence-corrected chi connectivity index (χ0v) is 16.9. The largest absolute Gasteiger partial charge is 0.455 e. The van der Waals surface area contributed by atoms with Crippen LogP contribution >= 0.6 is 11.6 Å². The van der Waals surface area contributed by atoms with Crippen molar-refractivity contribution >= 4 is 33.0 Å². The summed E-state index contributed by atoms with van der Waals surface area (Å²) < 4.78 is 29.6. The van der Waals surface area contributed by atoms with Crippen molar-refractivity contribution in [1.29, 1.82) is 0 Å². The number of carbonyl (C=O) groups excluding carboxylic acids is 1. The fourth-order valence-corrected chi connectivity index (χ4v) is 3.47. The SMILES string of the molecule is CN(C(=O)c1cc(S(C)(=O)=O)ccc1Cl)c1ccccc1Oc1ccccc1. The Morgan fingerprint density at radius 3 is 2.29 bits per heavy atom. The molecule has 0 saturated heterocycles. The Morgan fingerprint density at radius 1 is 0.964 bits per heavy atom. The maximum Gasteiger partial charge on any atom is 0.259 e. The number of rotatable bonds is 5. The number of hydrogen-bond donors (Lipinski definition) is 0. The second kappa shape index (κ2) is 8.04. The zero-order chi connectivity index (χ0) is 20.3. The maximum atomic E-state index is 13.0. The summed E-state index contributed by atoms with van der Waals surface area (Å²) in [6.07, 6.45) is 1.08. The van der Waals surface area contributed by atoms with Crippen molar-refractivity contribution in [3.8, 4) is 11.5 Å². The molecule has 0 aromatic heterocycles. The molecule has 7 heteroatoms. The molecule has 0 aliphatic rings. The molecule has 0 aliphatic heterocycles. The van der Waals surface area contributed by atoms with E-state index in [1.165, 1.54) is 23.1 Å². The number of amides is 1. The molecule has 0 N–H and O–H groups in total. The van der Waals surface area contributed by atoms with E-state index in [4.69, 9.17) is 16.3 Å². The van der Waals surface area contributed by atoms with E-state index in [1.807, 2.05) is 30.3 Å². The van der Waals surface area contributed by atoms with Gasteiger partial charge in [0.2, 0.25) is 0 Å². The quantitative estimate of drug-likeness (QED) is 0.599.